The molecule has 1 atom stereocenters. The molecule has 1 N–H and O–H groups in total. The number of likely N-dealkylation sites (tertiary alicyclic amines) is 1. The van der Waals surface area contributed by atoms with E-state index in [9.17, 15) is 23.1 Å². The Morgan fingerprint density at radius 2 is 1.79 bits per heavy atom. The quantitative estimate of drug-likeness (QED) is 0.780. The molecule has 1 aliphatic heterocycles. The average molecular weight is 406 g/mol. The second kappa shape index (κ2) is 8.86. The number of amides is 1. The number of rotatable bonds is 6. The molecule has 1 saturated heterocycles. The molecule has 4 nitrogen and oxygen atoms in total. The third-order valence-corrected chi connectivity index (χ3v) is 5.38. The molecule has 0 bridgehead atoms. The fraction of sp³-hybridized carbons (Fsp3) is 0.409. The number of aromatic hydroxyl groups is 1. The molecule has 0 spiro atoms. The van der Waals surface area contributed by atoms with Gasteiger partial charge in [0.15, 0.2) is 0 Å². The molecule has 7 heteroatoms. The Morgan fingerprint density at radius 1 is 1.14 bits per heavy atom. The molecule has 0 unspecified atom stereocenters. The first kappa shape index (κ1) is 21.2. The molecule has 1 heterocycles. The van der Waals surface area contributed by atoms with Gasteiger partial charge >= 0.3 is 6.18 Å². The first-order valence-electron chi connectivity index (χ1n) is 9.67. The number of likely N-dealkylation sites (N-methyl/N-ethyl adjacent to an activating group) is 1. The van der Waals surface area contributed by atoms with Gasteiger partial charge in [0.25, 0.3) is 0 Å². The number of alkyl halides is 3. The Balaban J connectivity index is 1.75. The average Bonchev–Trinajstić information content (AvgIpc) is 3.18. The number of carbonyl (C=O) groups excluding carboxylic acids is 1. The van der Waals surface area contributed by atoms with Gasteiger partial charge in [-0.25, -0.2) is 0 Å². The van der Waals surface area contributed by atoms with Crippen LogP contribution in [0.15, 0.2) is 48.5 Å². The number of benzene rings is 2. The van der Waals surface area contributed by atoms with Gasteiger partial charge in [-0.3, -0.25) is 4.79 Å². The second-order valence-corrected chi connectivity index (χ2v) is 7.49. The van der Waals surface area contributed by atoms with E-state index in [1.165, 1.54) is 12.1 Å². The van der Waals surface area contributed by atoms with Crippen molar-refractivity contribution in [2.75, 3.05) is 26.7 Å². The summed E-state index contributed by atoms with van der Waals surface area (Å²) in [7, 11) is 1.71. The standard InChI is InChI=1S/C22H25F3N2O2/c1-26(21(29)13-16-7-9-18(10-8-16)22(23,24)25)20(15-27-11-2-3-12-27)17-5-4-6-19(28)14-17/h4-10,14,20,28H,2-3,11-13,15H2,1H3/t20-/m1/s1. The Labute approximate surface area is 168 Å². The van der Waals surface area contributed by atoms with Crippen LogP contribution in [0.5, 0.6) is 5.75 Å². The van der Waals surface area contributed by atoms with Gasteiger partial charge in [0, 0.05) is 13.6 Å². The minimum Gasteiger partial charge on any atom is -0.508 e. The summed E-state index contributed by atoms with van der Waals surface area (Å²) in [6.07, 6.45) is -2.13. The minimum absolute atomic E-state index is 0.0178. The number of hydrogen-bond donors (Lipinski definition) is 1. The van der Waals surface area contributed by atoms with E-state index in [2.05, 4.69) is 4.90 Å². The predicted octanol–water partition coefficient (Wildman–Crippen LogP) is 4.25. The molecule has 1 fully saturated rings. The molecule has 0 aromatic heterocycles. The summed E-state index contributed by atoms with van der Waals surface area (Å²) in [5.41, 5.74) is 0.638. The lowest BCUT2D eigenvalue weighted by atomic mass is 10.0. The zero-order chi connectivity index (χ0) is 21.0. The van der Waals surface area contributed by atoms with E-state index in [-0.39, 0.29) is 24.1 Å². The summed E-state index contributed by atoms with van der Waals surface area (Å²) in [5.74, 6) is -0.0465. The van der Waals surface area contributed by atoms with Crippen molar-refractivity contribution < 1.29 is 23.1 Å². The molecule has 0 radical (unpaired) electrons. The number of nitrogens with zero attached hydrogens (tertiary/aromatic N) is 2. The van der Waals surface area contributed by atoms with Crippen molar-refractivity contribution in [3.8, 4) is 5.75 Å². The van der Waals surface area contributed by atoms with Gasteiger partial charge in [0.1, 0.15) is 5.75 Å². The monoisotopic (exact) mass is 406 g/mol. The summed E-state index contributed by atoms with van der Waals surface area (Å²) in [6, 6.07) is 11.3. The van der Waals surface area contributed by atoms with Crippen LogP contribution in [-0.2, 0) is 17.4 Å². The maximum atomic E-state index is 12.9. The van der Waals surface area contributed by atoms with E-state index in [1.807, 2.05) is 6.07 Å². The van der Waals surface area contributed by atoms with Crippen LogP contribution in [0, 0.1) is 0 Å². The Kier molecular flexibility index (Phi) is 6.47. The lowest BCUT2D eigenvalue weighted by Gasteiger charge is -2.32. The van der Waals surface area contributed by atoms with Gasteiger partial charge in [-0.2, -0.15) is 13.2 Å². The highest BCUT2D eigenvalue weighted by atomic mass is 19.4. The normalized spacial score (nSPS) is 16.0. The van der Waals surface area contributed by atoms with Crippen LogP contribution in [0.1, 0.15) is 35.6 Å². The van der Waals surface area contributed by atoms with E-state index in [1.54, 1.807) is 30.1 Å². The van der Waals surface area contributed by atoms with E-state index in [0.717, 1.165) is 43.6 Å². The molecular formula is C22H25F3N2O2. The Bertz CT molecular complexity index is 831. The van der Waals surface area contributed by atoms with E-state index in [4.69, 9.17) is 0 Å². The number of hydrogen-bond acceptors (Lipinski definition) is 3. The van der Waals surface area contributed by atoms with Crippen molar-refractivity contribution in [2.45, 2.75) is 31.5 Å². The lowest BCUT2D eigenvalue weighted by Crippen LogP contribution is -2.39. The van der Waals surface area contributed by atoms with Crippen LogP contribution in [0.25, 0.3) is 0 Å². The van der Waals surface area contributed by atoms with Crippen molar-refractivity contribution in [2.24, 2.45) is 0 Å². The highest BCUT2D eigenvalue weighted by molar-refractivity contribution is 5.79. The fourth-order valence-electron chi connectivity index (χ4n) is 3.68. The Morgan fingerprint density at radius 3 is 2.38 bits per heavy atom. The maximum Gasteiger partial charge on any atom is 0.416 e. The third kappa shape index (κ3) is 5.50. The van der Waals surface area contributed by atoms with Gasteiger partial charge in [0.2, 0.25) is 5.91 Å². The van der Waals surface area contributed by atoms with Gasteiger partial charge in [-0.1, -0.05) is 24.3 Å². The number of halogens is 3. The van der Waals surface area contributed by atoms with Crippen LogP contribution < -0.4 is 0 Å². The zero-order valence-corrected chi connectivity index (χ0v) is 16.3. The first-order chi connectivity index (χ1) is 13.7. The molecule has 156 valence electrons. The predicted molar refractivity (Wildman–Crippen MR) is 104 cm³/mol. The van der Waals surface area contributed by atoms with Crippen molar-refractivity contribution in [1.29, 1.82) is 0 Å². The SMILES string of the molecule is CN(C(=O)Cc1ccc(C(F)(F)F)cc1)[C@H](CN1CCCC1)c1cccc(O)c1. The van der Waals surface area contributed by atoms with E-state index >= 15 is 0 Å². The Hall–Kier alpha value is -2.54. The van der Waals surface area contributed by atoms with Crippen molar-refractivity contribution in [3.05, 3.63) is 65.2 Å². The first-order valence-corrected chi connectivity index (χ1v) is 9.67. The van der Waals surface area contributed by atoms with Crippen LogP contribution in [0.3, 0.4) is 0 Å². The minimum atomic E-state index is -4.39. The smallest absolute Gasteiger partial charge is 0.416 e. The highest BCUT2D eigenvalue weighted by Gasteiger charge is 2.30. The summed E-state index contributed by atoms with van der Waals surface area (Å²) in [6.45, 7) is 2.59. The molecule has 3 rings (SSSR count). The second-order valence-electron chi connectivity index (χ2n) is 7.49. The summed E-state index contributed by atoms with van der Waals surface area (Å²) >= 11 is 0. The lowest BCUT2D eigenvalue weighted by molar-refractivity contribution is -0.137. The largest absolute Gasteiger partial charge is 0.508 e. The van der Waals surface area contributed by atoms with Crippen LogP contribution >= 0.6 is 0 Å². The van der Waals surface area contributed by atoms with Crippen LogP contribution in [0.2, 0.25) is 0 Å². The highest BCUT2D eigenvalue weighted by Crippen LogP contribution is 2.30. The van der Waals surface area contributed by atoms with Crippen LogP contribution in [-0.4, -0.2) is 47.5 Å². The van der Waals surface area contributed by atoms with Crippen molar-refractivity contribution in [3.63, 3.8) is 0 Å². The topological polar surface area (TPSA) is 43.8 Å². The molecule has 2 aromatic carbocycles. The van der Waals surface area contributed by atoms with E-state index in [0.29, 0.717) is 12.1 Å². The van der Waals surface area contributed by atoms with Crippen LogP contribution in [0.4, 0.5) is 13.2 Å². The van der Waals surface area contributed by atoms with Crippen molar-refractivity contribution >= 4 is 5.91 Å². The van der Waals surface area contributed by atoms with Crippen molar-refractivity contribution in [1.82, 2.24) is 9.80 Å². The molecular weight excluding hydrogens is 381 g/mol. The molecule has 29 heavy (non-hydrogen) atoms. The van der Waals surface area contributed by atoms with Gasteiger partial charge in [0.05, 0.1) is 18.0 Å². The molecule has 2 aromatic rings. The van der Waals surface area contributed by atoms with E-state index < -0.39 is 11.7 Å². The van der Waals surface area contributed by atoms with Gasteiger partial charge in [-0.15, -0.1) is 0 Å². The summed E-state index contributed by atoms with van der Waals surface area (Å²) in [4.78, 5) is 16.8. The maximum absolute atomic E-state index is 12.9. The zero-order valence-electron chi connectivity index (χ0n) is 16.3. The van der Waals surface area contributed by atoms with Gasteiger partial charge in [-0.05, 0) is 61.3 Å². The summed E-state index contributed by atoms with van der Waals surface area (Å²) < 4.78 is 38.2. The number of carbonyl (C=O) groups is 1. The third-order valence-electron chi connectivity index (χ3n) is 5.38. The number of phenols is 1. The molecule has 0 aliphatic carbocycles. The number of phenolic OH excluding ortho intramolecular Hbond substituents is 1. The molecule has 1 aliphatic rings. The fourth-order valence-corrected chi connectivity index (χ4v) is 3.68. The summed E-state index contributed by atoms with van der Waals surface area (Å²) in [5, 5.41) is 9.86. The molecule has 0 saturated carbocycles. The molecule has 1 amide bonds. The van der Waals surface area contributed by atoms with Gasteiger partial charge < -0.3 is 14.9 Å².